The summed E-state index contributed by atoms with van der Waals surface area (Å²) in [4.78, 5) is 23.7. The van der Waals surface area contributed by atoms with Crippen LogP contribution in [0.3, 0.4) is 0 Å². The first-order valence-corrected chi connectivity index (χ1v) is 10.6. The van der Waals surface area contributed by atoms with Crippen molar-refractivity contribution < 1.29 is 9.53 Å². The smallest absolute Gasteiger partial charge is 0.296 e. The highest BCUT2D eigenvalue weighted by Gasteiger charge is 2.80. The van der Waals surface area contributed by atoms with Gasteiger partial charge in [0.25, 0.3) is 11.8 Å². The van der Waals surface area contributed by atoms with Crippen LogP contribution in [0.5, 0.6) is 0 Å². The summed E-state index contributed by atoms with van der Waals surface area (Å²) in [7, 11) is 0. The van der Waals surface area contributed by atoms with Crippen molar-refractivity contribution in [3.63, 3.8) is 0 Å². The molecule has 1 amide bonds. The number of rotatable bonds is 2. The number of hydrogen-bond donors (Lipinski definition) is 2. The minimum Gasteiger partial charge on any atom is -0.344 e. The fourth-order valence-corrected chi connectivity index (χ4v) is 5.13. The molecule has 0 aliphatic carbocycles. The lowest BCUT2D eigenvalue weighted by atomic mass is 10.0. The van der Waals surface area contributed by atoms with E-state index in [1.807, 2.05) is 30.3 Å². The SMILES string of the molecule is O=C(c1cc(Br)c(Br)[nH]1)N1CCCC23NC(Sc4ccccc4)=NC12O3. The number of epoxide rings is 1. The van der Waals surface area contributed by atoms with Crippen molar-refractivity contribution >= 4 is 54.7 Å². The highest BCUT2D eigenvalue weighted by atomic mass is 79.9. The monoisotopic (exact) mass is 496 g/mol. The molecule has 1 aromatic carbocycles. The molecule has 2 atom stereocenters. The normalized spacial score (nSPS) is 28.8. The molecule has 6 nitrogen and oxygen atoms in total. The van der Waals surface area contributed by atoms with Gasteiger partial charge in [-0.2, -0.15) is 0 Å². The Kier molecular flexibility index (Phi) is 3.79. The average molecular weight is 498 g/mol. The average Bonchev–Trinajstić information content (AvgIpc) is 2.98. The van der Waals surface area contributed by atoms with Gasteiger partial charge in [0.15, 0.2) is 5.17 Å². The number of thioether (sulfide) groups is 1. The zero-order chi connectivity index (χ0) is 17.9. The van der Waals surface area contributed by atoms with E-state index in [4.69, 9.17) is 9.73 Å². The molecule has 0 saturated carbocycles. The second kappa shape index (κ2) is 5.85. The van der Waals surface area contributed by atoms with Crippen molar-refractivity contribution in [1.29, 1.82) is 0 Å². The molecular formula is C17H14Br2N4O2S. The number of benzene rings is 1. The molecule has 2 saturated heterocycles. The van der Waals surface area contributed by atoms with Gasteiger partial charge in [0.05, 0.1) is 9.08 Å². The largest absolute Gasteiger partial charge is 0.344 e. The van der Waals surface area contributed by atoms with E-state index in [9.17, 15) is 4.79 Å². The minimum absolute atomic E-state index is 0.116. The van der Waals surface area contributed by atoms with E-state index in [1.165, 1.54) is 0 Å². The number of ether oxygens (including phenoxy) is 1. The molecule has 5 rings (SSSR count). The molecule has 3 aliphatic heterocycles. The van der Waals surface area contributed by atoms with Crippen LogP contribution >= 0.6 is 43.6 Å². The fraction of sp³-hybridized carbons (Fsp3) is 0.294. The molecule has 2 unspecified atom stereocenters. The van der Waals surface area contributed by atoms with E-state index >= 15 is 0 Å². The molecule has 4 heterocycles. The molecule has 2 fully saturated rings. The zero-order valence-electron chi connectivity index (χ0n) is 13.5. The van der Waals surface area contributed by atoms with E-state index < -0.39 is 11.6 Å². The van der Waals surface area contributed by atoms with Crippen molar-refractivity contribution in [1.82, 2.24) is 15.2 Å². The first-order valence-electron chi connectivity index (χ1n) is 8.20. The molecule has 0 bridgehead atoms. The number of nitrogens with one attached hydrogen (secondary N) is 2. The number of hydrogen-bond acceptors (Lipinski definition) is 5. The number of H-pyrrole nitrogens is 1. The van der Waals surface area contributed by atoms with Crippen LogP contribution in [-0.4, -0.2) is 39.1 Å². The highest BCUT2D eigenvalue weighted by Crippen LogP contribution is 2.59. The topological polar surface area (TPSA) is 73.0 Å². The van der Waals surface area contributed by atoms with Gasteiger partial charge in [-0.15, -0.1) is 0 Å². The van der Waals surface area contributed by atoms with E-state index in [1.54, 1.807) is 22.7 Å². The molecule has 0 radical (unpaired) electrons. The summed E-state index contributed by atoms with van der Waals surface area (Å²) in [5, 5.41) is 4.19. The lowest BCUT2D eigenvalue weighted by molar-refractivity contribution is 0.0449. The summed E-state index contributed by atoms with van der Waals surface area (Å²) in [6.07, 6.45) is 1.69. The molecule has 1 aromatic heterocycles. The van der Waals surface area contributed by atoms with Crippen molar-refractivity contribution in [2.45, 2.75) is 29.3 Å². The standard InChI is InChI=1S/C17H14Br2N4O2S/c18-11-9-12(20-13(11)19)14(24)23-8-4-7-16-17(23,25-16)22-15(21-16)26-10-5-2-1-3-6-10/h1-3,5-6,9,20H,4,7-8H2,(H,21,22). The summed E-state index contributed by atoms with van der Waals surface area (Å²) >= 11 is 8.35. The van der Waals surface area contributed by atoms with Crippen LogP contribution in [0, 0.1) is 0 Å². The van der Waals surface area contributed by atoms with Crippen molar-refractivity contribution in [3.8, 4) is 0 Å². The minimum atomic E-state index is -0.927. The second-order valence-electron chi connectivity index (χ2n) is 6.40. The van der Waals surface area contributed by atoms with Gasteiger partial charge >= 0.3 is 0 Å². The van der Waals surface area contributed by atoms with Crippen LogP contribution in [0.25, 0.3) is 0 Å². The summed E-state index contributed by atoms with van der Waals surface area (Å²) in [6, 6.07) is 11.8. The Morgan fingerprint density at radius 1 is 1.31 bits per heavy atom. The number of aromatic amines is 1. The van der Waals surface area contributed by atoms with Crippen molar-refractivity contribution in [2.24, 2.45) is 4.99 Å². The number of piperidine rings is 1. The van der Waals surface area contributed by atoms with E-state index in [0.29, 0.717) is 12.2 Å². The summed E-state index contributed by atoms with van der Waals surface area (Å²) in [5.74, 6) is -1.04. The summed E-state index contributed by atoms with van der Waals surface area (Å²) in [5.41, 5.74) is -0.0807. The van der Waals surface area contributed by atoms with E-state index in [-0.39, 0.29) is 5.91 Å². The number of amidine groups is 1. The van der Waals surface area contributed by atoms with E-state index in [2.05, 4.69) is 42.2 Å². The molecule has 0 spiro atoms. The lowest BCUT2D eigenvalue weighted by Gasteiger charge is -2.30. The van der Waals surface area contributed by atoms with Crippen LogP contribution in [0.15, 0.2) is 55.4 Å². The van der Waals surface area contributed by atoms with Crippen molar-refractivity contribution in [2.75, 3.05) is 6.54 Å². The number of aliphatic imine (C=N–C) groups is 1. The third-order valence-electron chi connectivity index (χ3n) is 4.80. The van der Waals surface area contributed by atoms with Gasteiger partial charge in [-0.25, -0.2) is 4.99 Å². The maximum atomic E-state index is 13.1. The van der Waals surface area contributed by atoms with Gasteiger partial charge in [-0.3, -0.25) is 14.4 Å². The lowest BCUT2D eigenvalue weighted by Crippen LogP contribution is -2.51. The first-order chi connectivity index (χ1) is 12.5. The van der Waals surface area contributed by atoms with Gasteiger partial charge in [0.2, 0.25) is 5.72 Å². The third kappa shape index (κ3) is 2.41. The third-order valence-corrected chi connectivity index (χ3v) is 7.48. The number of halogens is 2. The Balaban J connectivity index is 1.44. The van der Waals surface area contributed by atoms with Gasteiger partial charge in [-0.05, 0) is 56.5 Å². The Hall–Kier alpha value is -1.29. The molecule has 2 aromatic rings. The van der Waals surface area contributed by atoms with Crippen LogP contribution in [-0.2, 0) is 4.74 Å². The van der Waals surface area contributed by atoms with Crippen LogP contribution in [0.2, 0.25) is 0 Å². The molecule has 3 aliphatic rings. The predicted molar refractivity (Wildman–Crippen MR) is 106 cm³/mol. The van der Waals surface area contributed by atoms with E-state index in [0.717, 1.165) is 32.0 Å². The number of aromatic nitrogens is 1. The van der Waals surface area contributed by atoms with Crippen LogP contribution in [0.1, 0.15) is 23.3 Å². The van der Waals surface area contributed by atoms with Crippen LogP contribution in [0.4, 0.5) is 0 Å². The quantitative estimate of drug-likeness (QED) is 0.617. The molecule has 134 valence electrons. The maximum Gasteiger partial charge on any atom is 0.296 e. The zero-order valence-corrected chi connectivity index (χ0v) is 17.4. The molecule has 2 N–H and O–H groups in total. The molecule has 26 heavy (non-hydrogen) atoms. The van der Waals surface area contributed by atoms with Crippen LogP contribution < -0.4 is 5.32 Å². The van der Waals surface area contributed by atoms with Gasteiger partial charge in [0, 0.05) is 17.9 Å². The Labute approximate surface area is 171 Å². The fourth-order valence-electron chi connectivity index (χ4n) is 3.58. The number of likely N-dealkylation sites (tertiary alicyclic amines) is 1. The Morgan fingerprint density at radius 3 is 2.85 bits per heavy atom. The van der Waals surface area contributed by atoms with Gasteiger partial charge in [0.1, 0.15) is 5.69 Å². The van der Waals surface area contributed by atoms with Crippen molar-refractivity contribution in [3.05, 3.63) is 51.2 Å². The highest BCUT2D eigenvalue weighted by molar-refractivity contribution is 9.13. The summed E-state index contributed by atoms with van der Waals surface area (Å²) < 4.78 is 7.56. The second-order valence-corrected chi connectivity index (χ2v) is 9.11. The Bertz CT molecular complexity index is 915. The number of nitrogens with zero attached hydrogens (tertiary/aromatic N) is 2. The Morgan fingerprint density at radius 2 is 2.12 bits per heavy atom. The first kappa shape index (κ1) is 16.9. The number of amides is 1. The predicted octanol–water partition coefficient (Wildman–Crippen LogP) is 3.91. The molecule has 9 heteroatoms. The number of carbonyl (C=O) groups is 1. The number of carbonyl (C=O) groups excluding carboxylic acids is 1. The maximum absolute atomic E-state index is 13.1. The van der Waals surface area contributed by atoms with Gasteiger partial charge < -0.3 is 10.3 Å². The molecular weight excluding hydrogens is 484 g/mol. The summed E-state index contributed by atoms with van der Waals surface area (Å²) in [6.45, 7) is 0.614. The van der Waals surface area contributed by atoms with Gasteiger partial charge in [-0.1, -0.05) is 30.0 Å².